The molecule has 1 heterocycles. The predicted octanol–water partition coefficient (Wildman–Crippen LogP) is 4.96. The van der Waals surface area contributed by atoms with E-state index >= 15 is 0 Å². The standard InChI is InChI=1S/C17H13Br2N3O/c1-11-14(10-20-22(11)13-5-3-2-4-6-13)17(23)21-16-9-12(18)7-8-15(16)19/h2-10H,1H3,(H,21,23). The van der Waals surface area contributed by atoms with Gasteiger partial charge in [-0.3, -0.25) is 4.79 Å². The van der Waals surface area contributed by atoms with Crippen LogP contribution in [0.3, 0.4) is 0 Å². The van der Waals surface area contributed by atoms with Gasteiger partial charge in [-0.05, 0) is 53.2 Å². The molecule has 0 spiro atoms. The Bertz CT molecular complexity index is 860. The fraction of sp³-hybridized carbons (Fsp3) is 0.0588. The van der Waals surface area contributed by atoms with Crippen molar-refractivity contribution in [2.75, 3.05) is 5.32 Å². The number of carbonyl (C=O) groups is 1. The van der Waals surface area contributed by atoms with E-state index in [2.05, 4.69) is 42.3 Å². The van der Waals surface area contributed by atoms with E-state index in [0.29, 0.717) is 11.3 Å². The fourth-order valence-electron chi connectivity index (χ4n) is 2.24. The third-order valence-electron chi connectivity index (χ3n) is 3.43. The molecule has 1 N–H and O–H groups in total. The Kier molecular flexibility index (Phi) is 4.63. The van der Waals surface area contributed by atoms with Gasteiger partial charge in [0.2, 0.25) is 0 Å². The number of anilines is 1. The van der Waals surface area contributed by atoms with Gasteiger partial charge in [-0.2, -0.15) is 5.10 Å². The average molecular weight is 435 g/mol. The van der Waals surface area contributed by atoms with Crippen molar-refractivity contribution in [3.8, 4) is 5.69 Å². The zero-order valence-corrected chi connectivity index (χ0v) is 15.4. The minimum atomic E-state index is -0.191. The van der Waals surface area contributed by atoms with E-state index in [9.17, 15) is 4.79 Å². The molecular formula is C17H13Br2N3O. The lowest BCUT2D eigenvalue weighted by Gasteiger charge is -2.08. The van der Waals surface area contributed by atoms with Gasteiger partial charge in [0.1, 0.15) is 0 Å². The Hall–Kier alpha value is -1.92. The molecule has 1 aromatic heterocycles. The van der Waals surface area contributed by atoms with Crippen LogP contribution in [0.15, 0.2) is 63.7 Å². The summed E-state index contributed by atoms with van der Waals surface area (Å²) >= 11 is 6.84. The quantitative estimate of drug-likeness (QED) is 0.633. The van der Waals surface area contributed by atoms with Crippen molar-refractivity contribution in [3.63, 3.8) is 0 Å². The monoisotopic (exact) mass is 433 g/mol. The number of nitrogens with one attached hydrogen (secondary N) is 1. The van der Waals surface area contributed by atoms with Gasteiger partial charge in [0.25, 0.3) is 5.91 Å². The highest BCUT2D eigenvalue weighted by atomic mass is 79.9. The van der Waals surface area contributed by atoms with Crippen molar-refractivity contribution >= 4 is 43.5 Å². The van der Waals surface area contributed by atoms with E-state index in [1.54, 1.807) is 10.9 Å². The van der Waals surface area contributed by atoms with Crippen LogP contribution in [0.5, 0.6) is 0 Å². The van der Waals surface area contributed by atoms with Gasteiger partial charge < -0.3 is 5.32 Å². The third kappa shape index (κ3) is 3.38. The Morgan fingerprint density at radius 3 is 2.61 bits per heavy atom. The first-order valence-corrected chi connectivity index (χ1v) is 8.51. The molecule has 3 rings (SSSR count). The molecule has 4 nitrogen and oxygen atoms in total. The Morgan fingerprint density at radius 1 is 1.13 bits per heavy atom. The highest BCUT2D eigenvalue weighted by Crippen LogP contribution is 2.27. The molecule has 0 aliphatic carbocycles. The maximum Gasteiger partial charge on any atom is 0.259 e. The molecule has 0 saturated carbocycles. The van der Waals surface area contributed by atoms with E-state index < -0.39 is 0 Å². The Labute approximate surface area is 150 Å². The molecule has 0 aliphatic heterocycles. The molecule has 2 aromatic carbocycles. The van der Waals surface area contributed by atoms with Crippen LogP contribution in [0, 0.1) is 6.92 Å². The number of hydrogen-bond donors (Lipinski definition) is 1. The molecule has 23 heavy (non-hydrogen) atoms. The number of aromatic nitrogens is 2. The maximum absolute atomic E-state index is 12.5. The van der Waals surface area contributed by atoms with E-state index in [1.807, 2.05) is 55.5 Å². The molecule has 116 valence electrons. The Morgan fingerprint density at radius 2 is 1.87 bits per heavy atom. The number of para-hydroxylation sites is 1. The van der Waals surface area contributed by atoms with Crippen LogP contribution in [0.1, 0.15) is 16.1 Å². The second-order valence-corrected chi connectivity index (χ2v) is 6.74. The molecule has 0 atom stereocenters. The smallest absolute Gasteiger partial charge is 0.259 e. The number of amides is 1. The van der Waals surface area contributed by atoms with E-state index in [0.717, 1.165) is 20.3 Å². The van der Waals surface area contributed by atoms with Crippen molar-refractivity contribution in [2.24, 2.45) is 0 Å². The average Bonchev–Trinajstić information content (AvgIpc) is 2.93. The van der Waals surface area contributed by atoms with Crippen LogP contribution >= 0.6 is 31.9 Å². The lowest BCUT2D eigenvalue weighted by molar-refractivity contribution is 0.102. The molecule has 1 amide bonds. The lowest BCUT2D eigenvalue weighted by atomic mass is 10.2. The van der Waals surface area contributed by atoms with Crippen molar-refractivity contribution in [1.29, 1.82) is 0 Å². The topological polar surface area (TPSA) is 46.9 Å². The first-order valence-electron chi connectivity index (χ1n) is 6.92. The van der Waals surface area contributed by atoms with Gasteiger partial charge in [0.15, 0.2) is 0 Å². The highest BCUT2D eigenvalue weighted by molar-refractivity contribution is 9.11. The molecule has 0 radical (unpaired) electrons. The number of rotatable bonds is 3. The summed E-state index contributed by atoms with van der Waals surface area (Å²) in [6, 6.07) is 15.3. The summed E-state index contributed by atoms with van der Waals surface area (Å²) < 4.78 is 3.47. The summed E-state index contributed by atoms with van der Waals surface area (Å²) in [4.78, 5) is 12.5. The van der Waals surface area contributed by atoms with Gasteiger partial charge in [-0.15, -0.1) is 0 Å². The van der Waals surface area contributed by atoms with E-state index in [4.69, 9.17) is 0 Å². The summed E-state index contributed by atoms with van der Waals surface area (Å²) in [6.45, 7) is 1.88. The van der Waals surface area contributed by atoms with Crippen molar-refractivity contribution in [2.45, 2.75) is 6.92 Å². The van der Waals surface area contributed by atoms with Crippen LogP contribution < -0.4 is 5.32 Å². The van der Waals surface area contributed by atoms with Crippen molar-refractivity contribution in [3.05, 3.63) is 74.9 Å². The van der Waals surface area contributed by atoms with Gasteiger partial charge in [0.05, 0.1) is 28.8 Å². The fourth-order valence-corrected chi connectivity index (χ4v) is 2.95. The molecule has 0 bridgehead atoms. The predicted molar refractivity (Wildman–Crippen MR) is 98.1 cm³/mol. The zero-order valence-electron chi connectivity index (χ0n) is 12.3. The van der Waals surface area contributed by atoms with E-state index in [1.165, 1.54) is 0 Å². The molecule has 0 saturated heterocycles. The first kappa shape index (κ1) is 16.0. The largest absolute Gasteiger partial charge is 0.321 e. The number of hydrogen-bond acceptors (Lipinski definition) is 2. The molecule has 6 heteroatoms. The van der Waals surface area contributed by atoms with Crippen LogP contribution in [0.25, 0.3) is 5.69 Å². The lowest BCUT2D eigenvalue weighted by Crippen LogP contribution is -2.13. The highest BCUT2D eigenvalue weighted by Gasteiger charge is 2.16. The number of halogens is 2. The SMILES string of the molecule is Cc1c(C(=O)Nc2cc(Br)ccc2Br)cnn1-c1ccccc1. The molecule has 0 unspecified atom stereocenters. The second-order valence-electron chi connectivity index (χ2n) is 4.97. The first-order chi connectivity index (χ1) is 11.1. The maximum atomic E-state index is 12.5. The number of carbonyl (C=O) groups excluding carboxylic acids is 1. The summed E-state index contributed by atoms with van der Waals surface area (Å²) in [7, 11) is 0. The van der Waals surface area contributed by atoms with Gasteiger partial charge in [-0.1, -0.05) is 34.1 Å². The van der Waals surface area contributed by atoms with Gasteiger partial charge in [0, 0.05) is 8.95 Å². The summed E-state index contributed by atoms with van der Waals surface area (Å²) in [5.74, 6) is -0.191. The van der Waals surface area contributed by atoms with Gasteiger partial charge in [-0.25, -0.2) is 4.68 Å². The van der Waals surface area contributed by atoms with Crippen LogP contribution in [-0.2, 0) is 0 Å². The summed E-state index contributed by atoms with van der Waals surface area (Å²) in [5.41, 5.74) is 2.96. The zero-order chi connectivity index (χ0) is 16.4. The van der Waals surface area contributed by atoms with Gasteiger partial charge >= 0.3 is 0 Å². The molecule has 3 aromatic rings. The normalized spacial score (nSPS) is 10.6. The second kappa shape index (κ2) is 6.68. The van der Waals surface area contributed by atoms with Crippen molar-refractivity contribution < 1.29 is 4.79 Å². The minimum absolute atomic E-state index is 0.191. The van der Waals surface area contributed by atoms with E-state index in [-0.39, 0.29) is 5.91 Å². The number of nitrogens with zero attached hydrogens (tertiary/aromatic N) is 2. The summed E-state index contributed by atoms with van der Waals surface area (Å²) in [6.07, 6.45) is 1.59. The third-order valence-corrected chi connectivity index (χ3v) is 4.62. The molecular weight excluding hydrogens is 422 g/mol. The van der Waals surface area contributed by atoms with Crippen LogP contribution in [-0.4, -0.2) is 15.7 Å². The van der Waals surface area contributed by atoms with Crippen LogP contribution in [0.4, 0.5) is 5.69 Å². The molecule has 0 fully saturated rings. The summed E-state index contributed by atoms with van der Waals surface area (Å²) in [5, 5.41) is 7.23. The van der Waals surface area contributed by atoms with Crippen LogP contribution in [0.2, 0.25) is 0 Å². The molecule has 0 aliphatic rings. The number of benzene rings is 2. The Balaban J connectivity index is 1.89. The minimum Gasteiger partial charge on any atom is -0.321 e. The van der Waals surface area contributed by atoms with Crippen molar-refractivity contribution in [1.82, 2.24) is 9.78 Å².